The van der Waals surface area contributed by atoms with E-state index in [4.69, 9.17) is 4.74 Å². The molecule has 0 saturated carbocycles. The smallest absolute Gasteiger partial charge is 0.413 e. The molecule has 3 N–H and O–H groups in total. The lowest BCUT2D eigenvalue weighted by molar-refractivity contribution is -0.142. The molecular formula is C32H32N4O5S. The summed E-state index contributed by atoms with van der Waals surface area (Å²) < 4.78 is 5.58. The number of anilines is 1. The zero-order chi connectivity index (χ0) is 29.5. The van der Waals surface area contributed by atoms with E-state index < -0.39 is 18.1 Å². The van der Waals surface area contributed by atoms with E-state index in [2.05, 4.69) is 39.9 Å². The van der Waals surface area contributed by atoms with Gasteiger partial charge < -0.3 is 15.2 Å². The Hall–Kier alpha value is -4.54. The van der Waals surface area contributed by atoms with Gasteiger partial charge in [0.25, 0.3) is 0 Å². The Morgan fingerprint density at radius 3 is 2.29 bits per heavy atom. The van der Waals surface area contributed by atoms with Crippen LogP contribution < -0.4 is 10.6 Å². The molecular weight excluding hydrogens is 552 g/mol. The molecule has 3 aromatic carbocycles. The summed E-state index contributed by atoms with van der Waals surface area (Å²) in [5.41, 5.74) is 5.64. The van der Waals surface area contributed by atoms with Gasteiger partial charge in [0.1, 0.15) is 12.6 Å². The monoisotopic (exact) mass is 584 g/mol. The molecule has 0 saturated heterocycles. The third-order valence-electron chi connectivity index (χ3n) is 7.13. The highest BCUT2D eigenvalue weighted by molar-refractivity contribution is 7.15. The topological polar surface area (TPSA) is 121 Å². The molecule has 0 aliphatic heterocycles. The summed E-state index contributed by atoms with van der Waals surface area (Å²) in [6, 6.07) is 25.0. The van der Waals surface area contributed by atoms with Crippen LogP contribution >= 0.6 is 11.3 Å². The minimum absolute atomic E-state index is 0.0405. The van der Waals surface area contributed by atoms with E-state index in [1.165, 1.54) is 11.3 Å². The van der Waals surface area contributed by atoms with Gasteiger partial charge >= 0.3 is 12.1 Å². The number of fused-ring (bicyclic) bond motifs is 3. The second-order valence-electron chi connectivity index (χ2n) is 10.2. The molecule has 1 heterocycles. The van der Waals surface area contributed by atoms with Crippen molar-refractivity contribution in [1.82, 2.24) is 15.2 Å². The molecule has 1 unspecified atom stereocenters. The second-order valence-corrected chi connectivity index (χ2v) is 11.3. The Labute approximate surface area is 248 Å². The van der Waals surface area contributed by atoms with Gasteiger partial charge in [-0.25, -0.2) is 14.6 Å². The Kier molecular flexibility index (Phi) is 9.25. The van der Waals surface area contributed by atoms with E-state index in [1.54, 1.807) is 6.20 Å². The SMILES string of the molecule is CN(Cc1ccccc1)CC(NC(=O)CCc1cnc(NC(=O)OCC2c3ccccc3-c3ccccc32)s1)C(=O)O. The lowest BCUT2D eigenvalue weighted by atomic mass is 9.98. The average Bonchev–Trinajstić information content (AvgIpc) is 3.57. The van der Waals surface area contributed by atoms with Crippen molar-refractivity contribution < 1.29 is 24.2 Å². The molecule has 1 aromatic heterocycles. The van der Waals surface area contributed by atoms with Crippen molar-refractivity contribution in [3.05, 3.63) is 107 Å². The standard InChI is InChI=1S/C32H32N4O5S/c1-36(18-21-9-3-2-4-10-21)19-28(30(38)39)34-29(37)16-15-22-17-33-31(42-22)35-32(40)41-20-27-25-13-7-5-11-23(25)24-12-6-8-14-26(24)27/h2-14,17,27-28H,15-16,18-20H2,1H3,(H,34,37)(H,38,39)(H,33,35,40). The maximum absolute atomic E-state index is 12.6. The van der Waals surface area contributed by atoms with Gasteiger partial charge in [-0.3, -0.25) is 15.0 Å². The number of rotatable bonds is 12. The van der Waals surface area contributed by atoms with Crippen LogP contribution in [0.1, 0.15) is 33.9 Å². The van der Waals surface area contributed by atoms with Gasteiger partial charge in [-0.05, 0) is 41.3 Å². The molecule has 0 spiro atoms. The molecule has 1 aliphatic rings. The minimum atomic E-state index is -1.09. The van der Waals surface area contributed by atoms with Gasteiger partial charge in [-0.1, -0.05) is 78.9 Å². The van der Waals surface area contributed by atoms with E-state index in [9.17, 15) is 19.5 Å². The highest BCUT2D eigenvalue weighted by atomic mass is 32.1. The number of likely N-dealkylation sites (N-methyl/N-ethyl adjacent to an activating group) is 1. The van der Waals surface area contributed by atoms with Crippen molar-refractivity contribution in [2.45, 2.75) is 31.3 Å². The first kappa shape index (κ1) is 29.0. The number of nitrogens with one attached hydrogen (secondary N) is 2. The van der Waals surface area contributed by atoms with E-state index >= 15 is 0 Å². The largest absolute Gasteiger partial charge is 0.480 e. The van der Waals surface area contributed by atoms with Gasteiger partial charge in [0.05, 0.1) is 0 Å². The van der Waals surface area contributed by atoms with Crippen LogP contribution in [-0.2, 0) is 27.3 Å². The summed E-state index contributed by atoms with van der Waals surface area (Å²) >= 11 is 1.25. The summed E-state index contributed by atoms with van der Waals surface area (Å²) in [6.07, 6.45) is 1.46. The van der Waals surface area contributed by atoms with Crippen LogP contribution in [0.2, 0.25) is 0 Å². The van der Waals surface area contributed by atoms with E-state index in [1.807, 2.05) is 66.5 Å². The lowest BCUT2D eigenvalue weighted by Gasteiger charge is -2.22. The fraction of sp³-hybridized carbons (Fsp3) is 0.250. The number of hydrogen-bond acceptors (Lipinski definition) is 7. The third kappa shape index (κ3) is 7.20. The number of nitrogens with zero attached hydrogens (tertiary/aromatic N) is 2. The molecule has 0 fully saturated rings. The molecule has 5 rings (SSSR count). The number of aryl methyl sites for hydroxylation is 1. The molecule has 0 radical (unpaired) electrons. The predicted octanol–water partition coefficient (Wildman–Crippen LogP) is 5.14. The number of thiazole rings is 1. The van der Waals surface area contributed by atoms with Crippen LogP contribution in [0.25, 0.3) is 11.1 Å². The van der Waals surface area contributed by atoms with Crippen LogP contribution in [0.4, 0.5) is 9.93 Å². The summed E-state index contributed by atoms with van der Waals surface area (Å²) in [7, 11) is 1.82. The van der Waals surface area contributed by atoms with Gasteiger partial charge in [0.15, 0.2) is 5.13 Å². The summed E-state index contributed by atoms with van der Waals surface area (Å²) in [6.45, 7) is 0.940. The number of amides is 2. The van der Waals surface area contributed by atoms with Crippen molar-refractivity contribution in [2.75, 3.05) is 25.5 Å². The number of carbonyl (C=O) groups excluding carboxylic acids is 2. The Morgan fingerprint density at radius 1 is 0.976 bits per heavy atom. The van der Waals surface area contributed by atoms with Crippen molar-refractivity contribution in [2.24, 2.45) is 0 Å². The normalized spacial score (nSPS) is 12.8. The molecule has 1 atom stereocenters. The maximum Gasteiger partial charge on any atom is 0.413 e. The molecule has 4 aromatic rings. The first-order valence-electron chi connectivity index (χ1n) is 13.7. The van der Waals surface area contributed by atoms with E-state index in [0.29, 0.717) is 18.1 Å². The van der Waals surface area contributed by atoms with Gasteiger partial charge in [0, 0.05) is 36.5 Å². The summed E-state index contributed by atoms with van der Waals surface area (Å²) in [5.74, 6) is -1.49. The highest BCUT2D eigenvalue weighted by Gasteiger charge is 2.29. The number of carboxylic acid groups (broad SMARTS) is 1. The summed E-state index contributed by atoms with van der Waals surface area (Å²) in [5, 5.41) is 15.3. The average molecular weight is 585 g/mol. The maximum atomic E-state index is 12.6. The fourth-order valence-corrected chi connectivity index (χ4v) is 5.96. The first-order chi connectivity index (χ1) is 20.4. The molecule has 216 valence electrons. The lowest BCUT2D eigenvalue weighted by Crippen LogP contribution is -2.47. The predicted molar refractivity (Wildman–Crippen MR) is 161 cm³/mol. The molecule has 0 bridgehead atoms. The van der Waals surface area contributed by atoms with E-state index in [-0.39, 0.29) is 31.4 Å². The molecule has 42 heavy (non-hydrogen) atoms. The van der Waals surface area contributed by atoms with Crippen molar-refractivity contribution >= 4 is 34.4 Å². The second kappa shape index (κ2) is 13.4. The molecule has 9 nitrogen and oxygen atoms in total. The van der Waals surface area contributed by atoms with Crippen LogP contribution in [0.15, 0.2) is 85.1 Å². The highest BCUT2D eigenvalue weighted by Crippen LogP contribution is 2.44. The van der Waals surface area contributed by atoms with Crippen molar-refractivity contribution in [1.29, 1.82) is 0 Å². The quantitative estimate of drug-likeness (QED) is 0.211. The molecule has 2 amide bonds. The molecule has 10 heteroatoms. The number of carbonyl (C=O) groups is 3. The van der Waals surface area contributed by atoms with E-state index in [0.717, 1.165) is 32.7 Å². The van der Waals surface area contributed by atoms with Crippen LogP contribution in [0.3, 0.4) is 0 Å². The first-order valence-corrected chi connectivity index (χ1v) is 14.5. The van der Waals surface area contributed by atoms with Crippen molar-refractivity contribution in [3.63, 3.8) is 0 Å². The van der Waals surface area contributed by atoms with Crippen LogP contribution in [0, 0.1) is 0 Å². The summed E-state index contributed by atoms with van der Waals surface area (Å²) in [4.78, 5) is 43.7. The number of carboxylic acids is 1. The molecule has 1 aliphatic carbocycles. The number of aromatic nitrogens is 1. The zero-order valence-electron chi connectivity index (χ0n) is 23.2. The van der Waals surface area contributed by atoms with Crippen molar-refractivity contribution in [3.8, 4) is 11.1 Å². The third-order valence-corrected chi connectivity index (χ3v) is 8.10. The van der Waals surface area contributed by atoms with Crippen LogP contribution in [0.5, 0.6) is 0 Å². The van der Waals surface area contributed by atoms with Gasteiger partial charge in [-0.15, -0.1) is 11.3 Å². The number of ether oxygens (including phenoxy) is 1. The Bertz CT molecular complexity index is 1510. The van der Waals surface area contributed by atoms with Crippen LogP contribution in [-0.4, -0.2) is 59.2 Å². The number of aliphatic carboxylic acids is 1. The number of hydrogen-bond donors (Lipinski definition) is 3. The number of benzene rings is 3. The fourth-order valence-electron chi connectivity index (χ4n) is 5.16. The Morgan fingerprint density at radius 2 is 1.62 bits per heavy atom. The van der Waals surface area contributed by atoms with Gasteiger partial charge in [-0.2, -0.15) is 0 Å². The Balaban J connectivity index is 1.08. The zero-order valence-corrected chi connectivity index (χ0v) is 24.0. The minimum Gasteiger partial charge on any atom is -0.480 e. The van der Waals surface area contributed by atoms with Gasteiger partial charge in [0.2, 0.25) is 5.91 Å².